The first-order valence-electron chi connectivity index (χ1n) is 6.69. The number of carbonyl (C=O) groups is 1. The van der Waals surface area contributed by atoms with E-state index in [2.05, 4.69) is 5.32 Å². The maximum Gasteiger partial charge on any atom is 0.330 e. The van der Waals surface area contributed by atoms with Crippen molar-refractivity contribution in [2.45, 2.75) is 18.9 Å². The van der Waals surface area contributed by atoms with Crippen LogP contribution in [0.25, 0.3) is 0 Å². The van der Waals surface area contributed by atoms with E-state index >= 15 is 0 Å². The van der Waals surface area contributed by atoms with E-state index in [1.807, 2.05) is 0 Å². The molecule has 1 aliphatic rings. The SMILES string of the molecule is O=C(O)[C@H]1Nc2cccc(c2O)CCc2cccc1c2O. The van der Waals surface area contributed by atoms with Gasteiger partial charge in [-0.1, -0.05) is 30.3 Å². The van der Waals surface area contributed by atoms with E-state index in [9.17, 15) is 20.1 Å². The zero-order valence-corrected chi connectivity index (χ0v) is 11.2. The molecular weight excluding hydrogens is 270 g/mol. The molecule has 1 atom stereocenters. The van der Waals surface area contributed by atoms with Gasteiger partial charge in [0.05, 0.1) is 5.69 Å². The molecule has 3 rings (SSSR count). The summed E-state index contributed by atoms with van der Waals surface area (Å²) in [6, 6.07) is 9.14. The molecule has 1 heterocycles. The molecule has 2 aromatic rings. The molecule has 0 amide bonds. The third kappa shape index (κ3) is 2.27. The first kappa shape index (κ1) is 13.3. The highest BCUT2D eigenvalue weighted by atomic mass is 16.4. The molecule has 0 saturated carbocycles. The van der Waals surface area contributed by atoms with Gasteiger partial charge >= 0.3 is 5.97 Å². The van der Waals surface area contributed by atoms with Crippen LogP contribution in [-0.4, -0.2) is 21.3 Å². The summed E-state index contributed by atoms with van der Waals surface area (Å²) in [4.78, 5) is 11.5. The summed E-state index contributed by atoms with van der Waals surface area (Å²) in [5.74, 6) is -1.05. The van der Waals surface area contributed by atoms with E-state index in [0.29, 0.717) is 29.7 Å². The van der Waals surface area contributed by atoms with Gasteiger partial charge in [-0.25, -0.2) is 4.79 Å². The molecule has 0 aliphatic carbocycles. The minimum Gasteiger partial charge on any atom is -0.507 e. The van der Waals surface area contributed by atoms with E-state index in [4.69, 9.17) is 0 Å². The number of phenols is 2. The molecule has 0 radical (unpaired) electrons. The number of anilines is 1. The number of para-hydroxylation sites is 2. The second-order valence-electron chi connectivity index (χ2n) is 5.08. The smallest absolute Gasteiger partial charge is 0.330 e. The normalized spacial score (nSPS) is 16.9. The Morgan fingerprint density at radius 3 is 2.29 bits per heavy atom. The molecule has 4 bridgehead atoms. The lowest BCUT2D eigenvalue weighted by molar-refractivity contribution is -0.138. The van der Waals surface area contributed by atoms with Gasteiger partial charge in [-0.05, 0) is 30.0 Å². The van der Waals surface area contributed by atoms with Crippen LogP contribution in [0.2, 0.25) is 0 Å². The lowest BCUT2D eigenvalue weighted by atomic mass is 9.95. The van der Waals surface area contributed by atoms with Crippen molar-refractivity contribution in [1.82, 2.24) is 0 Å². The number of hydrogen-bond acceptors (Lipinski definition) is 4. The van der Waals surface area contributed by atoms with E-state index < -0.39 is 12.0 Å². The fraction of sp³-hybridized carbons (Fsp3) is 0.188. The van der Waals surface area contributed by atoms with Crippen molar-refractivity contribution in [3.63, 3.8) is 0 Å². The van der Waals surface area contributed by atoms with Crippen molar-refractivity contribution in [3.05, 3.63) is 53.1 Å². The highest BCUT2D eigenvalue weighted by Gasteiger charge is 2.26. The number of aromatic hydroxyl groups is 2. The van der Waals surface area contributed by atoms with Crippen molar-refractivity contribution >= 4 is 11.7 Å². The molecule has 0 aromatic heterocycles. The minimum atomic E-state index is -1.12. The first-order chi connectivity index (χ1) is 10.1. The Balaban J connectivity index is 2.18. The van der Waals surface area contributed by atoms with Crippen molar-refractivity contribution in [2.24, 2.45) is 0 Å². The van der Waals surface area contributed by atoms with Gasteiger partial charge in [0, 0.05) is 5.56 Å². The zero-order valence-electron chi connectivity index (χ0n) is 11.2. The monoisotopic (exact) mass is 285 g/mol. The Kier molecular flexibility index (Phi) is 3.17. The Labute approximate surface area is 121 Å². The predicted molar refractivity (Wildman–Crippen MR) is 77.6 cm³/mol. The van der Waals surface area contributed by atoms with Crippen molar-refractivity contribution in [2.75, 3.05) is 5.32 Å². The van der Waals surface area contributed by atoms with Crippen LogP contribution in [0.3, 0.4) is 0 Å². The maximum atomic E-state index is 11.5. The average molecular weight is 285 g/mol. The molecule has 0 spiro atoms. The summed E-state index contributed by atoms with van der Waals surface area (Å²) in [7, 11) is 0. The summed E-state index contributed by atoms with van der Waals surface area (Å²) in [5, 5.41) is 32.8. The van der Waals surface area contributed by atoms with Crippen LogP contribution in [-0.2, 0) is 17.6 Å². The Morgan fingerprint density at radius 1 is 1.00 bits per heavy atom. The molecule has 108 valence electrons. The van der Waals surface area contributed by atoms with Crippen LogP contribution < -0.4 is 5.32 Å². The molecule has 1 aliphatic heterocycles. The Bertz CT molecular complexity index is 711. The summed E-state index contributed by atoms with van der Waals surface area (Å²) >= 11 is 0. The summed E-state index contributed by atoms with van der Waals surface area (Å²) in [6.07, 6.45) is 1.10. The largest absolute Gasteiger partial charge is 0.507 e. The Morgan fingerprint density at radius 2 is 1.62 bits per heavy atom. The van der Waals surface area contributed by atoms with Crippen LogP contribution in [0.5, 0.6) is 11.5 Å². The Hall–Kier alpha value is -2.69. The third-order valence-electron chi connectivity index (χ3n) is 3.79. The van der Waals surface area contributed by atoms with Gasteiger partial charge in [-0.3, -0.25) is 0 Å². The average Bonchev–Trinajstić information content (AvgIpc) is 2.45. The molecule has 5 heteroatoms. The molecule has 4 N–H and O–H groups in total. The standard InChI is InChI=1S/C16H15NO4/c18-14-9-3-1-5-11(14)13(16(20)21)17-12-6-2-4-10(8-7-9)15(12)19/h1-6,13,17-19H,7-8H2,(H,20,21)/t13-/m0/s1. The fourth-order valence-corrected chi connectivity index (χ4v) is 2.65. The van der Waals surface area contributed by atoms with E-state index in [0.717, 1.165) is 5.56 Å². The quantitative estimate of drug-likeness (QED) is 0.604. The van der Waals surface area contributed by atoms with Crippen LogP contribution >= 0.6 is 0 Å². The number of carboxylic acids is 1. The van der Waals surface area contributed by atoms with Crippen LogP contribution in [0.15, 0.2) is 36.4 Å². The van der Waals surface area contributed by atoms with E-state index in [1.165, 1.54) is 0 Å². The number of nitrogens with one attached hydrogen (secondary N) is 1. The topological polar surface area (TPSA) is 89.8 Å². The summed E-state index contributed by atoms with van der Waals surface area (Å²) < 4.78 is 0. The number of hydrogen-bond donors (Lipinski definition) is 4. The highest BCUT2D eigenvalue weighted by molar-refractivity contribution is 5.81. The van der Waals surface area contributed by atoms with E-state index in [-0.39, 0.29) is 11.5 Å². The second kappa shape index (κ2) is 5.01. The third-order valence-corrected chi connectivity index (χ3v) is 3.79. The molecule has 0 unspecified atom stereocenters. The van der Waals surface area contributed by atoms with Crippen molar-refractivity contribution in [1.29, 1.82) is 0 Å². The van der Waals surface area contributed by atoms with Crippen LogP contribution in [0.1, 0.15) is 22.7 Å². The van der Waals surface area contributed by atoms with Gasteiger partial charge in [0.15, 0.2) is 6.04 Å². The summed E-state index contributed by atoms with van der Waals surface area (Å²) in [5.41, 5.74) is 2.04. The summed E-state index contributed by atoms with van der Waals surface area (Å²) in [6.45, 7) is 0. The number of fused-ring (bicyclic) bond motifs is 4. The number of aliphatic carboxylic acids is 1. The second-order valence-corrected chi connectivity index (χ2v) is 5.08. The molecule has 5 nitrogen and oxygen atoms in total. The van der Waals surface area contributed by atoms with Gasteiger partial charge in [0.25, 0.3) is 0 Å². The highest BCUT2D eigenvalue weighted by Crippen LogP contribution is 2.37. The van der Waals surface area contributed by atoms with Crippen LogP contribution in [0, 0.1) is 0 Å². The maximum absolute atomic E-state index is 11.5. The number of aryl methyl sites for hydroxylation is 2. The first-order valence-corrected chi connectivity index (χ1v) is 6.69. The van der Waals surface area contributed by atoms with Gasteiger partial charge in [0.1, 0.15) is 11.5 Å². The van der Waals surface area contributed by atoms with Gasteiger partial charge < -0.3 is 20.6 Å². The molecule has 21 heavy (non-hydrogen) atoms. The molecule has 0 fully saturated rings. The fourth-order valence-electron chi connectivity index (χ4n) is 2.65. The molecule has 2 aromatic carbocycles. The number of benzene rings is 2. The predicted octanol–water partition coefficient (Wildman–Crippen LogP) is 2.43. The van der Waals surface area contributed by atoms with Crippen molar-refractivity contribution in [3.8, 4) is 11.5 Å². The van der Waals surface area contributed by atoms with Crippen molar-refractivity contribution < 1.29 is 20.1 Å². The number of carboxylic acid groups (broad SMARTS) is 1. The van der Waals surface area contributed by atoms with Gasteiger partial charge in [-0.2, -0.15) is 0 Å². The van der Waals surface area contributed by atoms with Gasteiger partial charge in [-0.15, -0.1) is 0 Å². The number of phenolic OH excluding ortho intramolecular Hbond substituents is 2. The van der Waals surface area contributed by atoms with Gasteiger partial charge in [0.2, 0.25) is 0 Å². The molecular formula is C16H15NO4. The molecule has 0 saturated heterocycles. The number of rotatable bonds is 1. The lowest BCUT2D eigenvalue weighted by Crippen LogP contribution is -2.21. The van der Waals surface area contributed by atoms with Crippen LogP contribution in [0.4, 0.5) is 5.69 Å². The van der Waals surface area contributed by atoms with E-state index in [1.54, 1.807) is 36.4 Å². The zero-order chi connectivity index (χ0) is 15.0. The lowest BCUT2D eigenvalue weighted by Gasteiger charge is -2.22. The minimum absolute atomic E-state index is 0.00189.